The third-order valence-corrected chi connectivity index (χ3v) is 1.61. The van der Waals surface area contributed by atoms with Gasteiger partial charge in [0.1, 0.15) is 0 Å². The van der Waals surface area contributed by atoms with Gasteiger partial charge in [0.2, 0.25) is 0 Å². The molecular weight excluding hydrogens is 253 g/mol. The highest BCUT2D eigenvalue weighted by Crippen LogP contribution is 1.87. The Hall–Kier alpha value is -1.90. The van der Waals surface area contributed by atoms with Crippen LogP contribution in [0.5, 0.6) is 0 Å². The first-order valence-corrected chi connectivity index (χ1v) is 5.34. The van der Waals surface area contributed by atoms with Crippen LogP contribution in [-0.2, 0) is 19.3 Å². The van der Waals surface area contributed by atoms with Gasteiger partial charge in [-0.25, -0.2) is 0 Å². The summed E-state index contributed by atoms with van der Waals surface area (Å²) in [6.45, 7) is 2.42. The Balaban J connectivity index is 0.000000342. The molecule has 0 fully saturated rings. The van der Waals surface area contributed by atoms with Crippen LogP contribution in [0.2, 0.25) is 0 Å². The summed E-state index contributed by atoms with van der Waals surface area (Å²) in [6.07, 6.45) is 0. The van der Waals surface area contributed by atoms with E-state index in [2.05, 4.69) is 9.68 Å². The van der Waals surface area contributed by atoms with E-state index >= 15 is 0 Å². The van der Waals surface area contributed by atoms with Crippen LogP contribution in [0.4, 0.5) is 0 Å². The summed E-state index contributed by atoms with van der Waals surface area (Å²) in [4.78, 5) is 29.0. The van der Waals surface area contributed by atoms with Gasteiger partial charge in [-0.1, -0.05) is 30.3 Å². The molecule has 0 heterocycles. The van der Waals surface area contributed by atoms with Gasteiger partial charge in [0.25, 0.3) is 0 Å². The van der Waals surface area contributed by atoms with Crippen LogP contribution in [0.3, 0.4) is 0 Å². The molecule has 0 unspecified atom stereocenters. The van der Waals surface area contributed by atoms with Crippen molar-refractivity contribution < 1.29 is 29.3 Å². The molecule has 0 aliphatic heterocycles. The number of hydrogen-bond acceptors (Lipinski definition) is 7. The number of carbonyl (C=O) groups excluding carboxylic acids is 2. The zero-order valence-corrected chi connectivity index (χ0v) is 10.9. The molecule has 2 N–H and O–H groups in total. The van der Waals surface area contributed by atoms with Gasteiger partial charge in [-0.05, 0) is 5.46 Å². The van der Waals surface area contributed by atoms with Crippen LogP contribution < -0.4 is 5.46 Å². The predicted molar refractivity (Wildman–Crippen MR) is 67.6 cm³/mol. The fourth-order valence-electron chi connectivity index (χ4n) is 1.01. The van der Waals surface area contributed by atoms with Crippen molar-refractivity contribution in [2.45, 2.75) is 13.8 Å². The van der Waals surface area contributed by atoms with Crippen molar-refractivity contribution in [3.8, 4) is 0 Å². The number of rotatable bonds is 3. The van der Waals surface area contributed by atoms with Crippen LogP contribution in [-0.4, -0.2) is 41.4 Å². The molecule has 7 nitrogen and oxygen atoms in total. The lowest BCUT2D eigenvalue weighted by atomic mass is 9.81. The summed E-state index contributed by atoms with van der Waals surface area (Å²) >= 11 is 0. The first-order chi connectivity index (χ1) is 8.82. The van der Waals surface area contributed by atoms with Crippen LogP contribution in [0.15, 0.2) is 30.3 Å². The minimum Gasteiger partial charge on any atom is -0.423 e. The largest absolute Gasteiger partial charge is 0.488 e. The summed E-state index contributed by atoms with van der Waals surface area (Å²) in [5, 5.41) is 17.9. The fraction of sp³-hybridized carbons (Fsp3) is 0.273. The van der Waals surface area contributed by atoms with Crippen molar-refractivity contribution in [1.29, 1.82) is 0 Å². The molecule has 19 heavy (non-hydrogen) atoms. The average Bonchev–Trinajstić information content (AvgIpc) is 2.28. The molecule has 0 saturated heterocycles. The van der Waals surface area contributed by atoms with Crippen LogP contribution in [0.25, 0.3) is 0 Å². The zero-order valence-electron chi connectivity index (χ0n) is 10.9. The van der Waals surface area contributed by atoms with Crippen LogP contribution in [0, 0.1) is 0 Å². The number of benzene rings is 1. The van der Waals surface area contributed by atoms with Crippen molar-refractivity contribution in [3.63, 3.8) is 0 Å². The normalized spacial score (nSPS) is 9.16. The molecule has 1 aromatic rings. The highest BCUT2D eigenvalue weighted by atomic mass is 17.0. The molecule has 0 bridgehead atoms. The van der Waals surface area contributed by atoms with Gasteiger partial charge in [0.15, 0.2) is 0 Å². The van der Waals surface area contributed by atoms with Crippen molar-refractivity contribution >= 4 is 24.5 Å². The molecule has 0 saturated carbocycles. The molecule has 0 aromatic heterocycles. The van der Waals surface area contributed by atoms with E-state index in [0.29, 0.717) is 10.7 Å². The first-order valence-electron chi connectivity index (χ1n) is 5.34. The standard InChI is InChI=1S/C6H7BO2.C5H9NO4/c8-7(9)6-4-2-1-3-5-6;1-4(7)9-6(3)10-5(2)8/h1-5,8-9H;1-3H3. The molecule has 0 aliphatic carbocycles. The summed E-state index contributed by atoms with van der Waals surface area (Å²) in [6, 6.07) is 8.66. The zero-order chi connectivity index (χ0) is 14.8. The van der Waals surface area contributed by atoms with Gasteiger partial charge >= 0.3 is 19.1 Å². The minimum absolute atomic E-state index is 0.525. The summed E-state index contributed by atoms with van der Waals surface area (Å²) < 4.78 is 0. The Morgan fingerprint density at radius 3 is 1.74 bits per heavy atom. The first kappa shape index (κ1) is 17.1. The van der Waals surface area contributed by atoms with E-state index < -0.39 is 19.1 Å². The Morgan fingerprint density at radius 2 is 1.47 bits per heavy atom. The van der Waals surface area contributed by atoms with Crippen molar-refractivity contribution in [2.75, 3.05) is 7.05 Å². The number of hydroxylamine groups is 2. The molecule has 1 aromatic carbocycles. The third kappa shape index (κ3) is 9.77. The number of hydrogen-bond donors (Lipinski definition) is 2. The lowest BCUT2D eigenvalue weighted by Crippen LogP contribution is -2.29. The molecule has 1 rings (SSSR count). The van der Waals surface area contributed by atoms with Gasteiger partial charge < -0.3 is 19.7 Å². The second kappa shape index (κ2) is 9.09. The monoisotopic (exact) mass is 269 g/mol. The molecule has 0 amide bonds. The van der Waals surface area contributed by atoms with Gasteiger partial charge in [0.05, 0.1) is 7.05 Å². The highest BCUT2D eigenvalue weighted by Gasteiger charge is 2.07. The molecule has 0 atom stereocenters. The summed E-state index contributed by atoms with van der Waals surface area (Å²) in [5.41, 5.74) is 0.525. The minimum atomic E-state index is -1.34. The van der Waals surface area contributed by atoms with E-state index in [1.165, 1.54) is 20.9 Å². The maximum atomic E-state index is 10.2. The van der Waals surface area contributed by atoms with Gasteiger partial charge in [-0.3, -0.25) is 9.59 Å². The number of nitrogens with zero attached hydrogens (tertiary/aromatic N) is 1. The smallest absolute Gasteiger partial charge is 0.423 e. The van der Waals surface area contributed by atoms with E-state index in [1.807, 2.05) is 6.07 Å². The molecule has 0 spiro atoms. The highest BCUT2D eigenvalue weighted by molar-refractivity contribution is 6.58. The van der Waals surface area contributed by atoms with Crippen molar-refractivity contribution in [3.05, 3.63) is 30.3 Å². The van der Waals surface area contributed by atoms with Crippen LogP contribution >= 0.6 is 0 Å². The van der Waals surface area contributed by atoms with E-state index in [-0.39, 0.29) is 0 Å². The van der Waals surface area contributed by atoms with Gasteiger partial charge in [-0.2, -0.15) is 0 Å². The maximum absolute atomic E-state index is 10.2. The molecule has 0 aliphatic rings. The average molecular weight is 269 g/mol. The van der Waals surface area contributed by atoms with E-state index in [9.17, 15) is 9.59 Å². The van der Waals surface area contributed by atoms with E-state index in [4.69, 9.17) is 10.0 Å². The number of carbonyl (C=O) groups is 2. The third-order valence-electron chi connectivity index (χ3n) is 1.61. The maximum Gasteiger partial charge on any atom is 0.488 e. The Kier molecular flexibility index (Phi) is 8.18. The Bertz CT molecular complexity index is 381. The SMILES string of the molecule is CC(=O)ON(C)OC(C)=O.OB(O)c1ccccc1. The molecule has 8 heteroatoms. The second-order valence-corrected chi connectivity index (χ2v) is 3.39. The summed E-state index contributed by atoms with van der Waals surface area (Å²) in [5.74, 6) is -1.08. The van der Waals surface area contributed by atoms with Crippen LogP contribution in [0.1, 0.15) is 13.8 Å². The summed E-state index contributed by atoms with van der Waals surface area (Å²) in [7, 11) is -0.0331. The molecule has 104 valence electrons. The quantitative estimate of drug-likeness (QED) is 0.550. The topological polar surface area (TPSA) is 96.3 Å². The van der Waals surface area contributed by atoms with Gasteiger partial charge in [-0.15, -0.1) is 0 Å². The lowest BCUT2D eigenvalue weighted by Gasteiger charge is -2.11. The van der Waals surface area contributed by atoms with E-state index in [1.54, 1.807) is 24.3 Å². The Morgan fingerprint density at radius 1 is 1.05 bits per heavy atom. The lowest BCUT2D eigenvalue weighted by molar-refractivity contribution is -0.309. The predicted octanol–water partition coefficient (Wildman–Crippen LogP) is -0.759. The fourth-order valence-corrected chi connectivity index (χ4v) is 1.01. The Labute approximate surface area is 111 Å². The van der Waals surface area contributed by atoms with Crippen molar-refractivity contribution in [2.24, 2.45) is 0 Å². The molecular formula is C11H16BNO6. The van der Waals surface area contributed by atoms with Crippen molar-refractivity contribution in [1.82, 2.24) is 5.23 Å². The second-order valence-electron chi connectivity index (χ2n) is 3.39. The van der Waals surface area contributed by atoms with Gasteiger partial charge in [0, 0.05) is 19.1 Å². The molecule has 0 radical (unpaired) electrons. The van der Waals surface area contributed by atoms with E-state index in [0.717, 1.165) is 0 Å².